The Morgan fingerprint density at radius 3 is 2.21 bits per heavy atom. The minimum Gasteiger partial charge on any atom is -0.170 e. The number of alkyl halides is 3. The van der Waals surface area contributed by atoms with E-state index in [-0.39, 0.29) is 0 Å². The molecule has 0 unspecified atom stereocenters. The summed E-state index contributed by atoms with van der Waals surface area (Å²) in [6.45, 7) is 0. The third-order valence-corrected chi connectivity index (χ3v) is 1.89. The highest BCUT2D eigenvalue weighted by atomic mass is 79.9. The van der Waals surface area contributed by atoms with E-state index in [0.717, 1.165) is 4.47 Å². The summed E-state index contributed by atoms with van der Waals surface area (Å²) in [4.78, 5) is 0. The van der Waals surface area contributed by atoms with Gasteiger partial charge >= 0.3 is 6.18 Å². The van der Waals surface area contributed by atoms with E-state index < -0.39 is 12.6 Å². The Bertz CT molecular complexity index is 354. The molecule has 0 bridgehead atoms. The molecule has 74 valence electrons. The van der Waals surface area contributed by atoms with Crippen LogP contribution >= 0.6 is 15.9 Å². The van der Waals surface area contributed by atoms with Crippen LogP contribution in [0.3, 0.4) is 0 Å². The Hall–Kier alpha value is -0.950. The maximum atomic E-state index is 11.7. The second kappa shape index (κ2) is 4.52. The fourth-order valence-corrected chi connectivity index (χ4v) is 1.04. The monoisotopic (exact) mass is 262 g/mol. The molecule has 0 aliphatic rings. The van der Waals surface area contributed by atoms with Crippen molar-refractivity contribution in [2.75, 3.05) is 0 Å². The molecule has 0 saturated carbocycles. The molecule has 1 aromatic carbocycles. The highest BCUT2D eigenvalue weighted by Crippen LogP contribution is 2.18. The second-order valence-corrected chi connectivity index (χ2v) is 3.52. The van der Waals surface area contributed by atoms with Crippen molar-refractivity contribution in [2.45, 2.75) is 12.6 Å². The quantitative estimate of drug-likeness (QED) is 0.625. The highest BCUT2D eigenvalue weighted by molar-refractivity contribution is 9.10. The van der Waals surface area contributed by atoms with Gasteiger partial charge in [-0.15, -0.1) is 0 Å². The molecule has 0 N–H and O–H groups in total. The van der Waals surface area contributed by atoms with Gasteiger partial charge in [0, 0.05) is 10.0 Å². The van der Waals surface area contributed by atoms with Gasteiger partial charge in [0.05, 0.1) is 0 Å². The smallest absolute Gasteiger partial charge is 0.170 e. The first kappa shape index (κ1) is 11.1. The first-order valence-corrected chi connectivity index (χ1v) is 4.58. The topological polar surface area (TPSA) is 0 Å². The predicted octanol–water partition coefficient (Wildman–Crippen LogP) is 3.75. The van der Waals surface area contributed by atoms with E-state index in [0.29, 0.717) is 5.56 Å². The lowest BCUT2D eigenvalue weighted by molar-refractivity contribution is -0.123. The van der Waals surface area contributed by atoms with Crippen LogP contribution in [0.2, 0.25) is 0 Å². The average molecular weight is 263 g/mol. The molecular weight excluding hydrogens is 257 g/mol. The van der Waals surface area contributed by atoms with Gasteiger partial charge in [-0.1, -0.05) is 27.8 Å². The minimum atomic E-state index is -4.21. The van der Waals surface area contributed by atoms with E-state index in [9.17, 15) is 13.2 Å². The van der Waals surface area contributed by atoms with E-state index in [2.05, 4.69) is 27.8 Å². The standard InChI is InChI=1S/C10H6BrF3/c11-9-5-3-8(4-6-9)2-1-7-10(12,13)14/h3-6H,7H2. The minimum absolute atomic E-state index is 0.581. The first-order valence-electron chi connectivity index (χ1n) is 3.78. The van der Waals surface area contributed by atoms with Gasteiger partial charge in [0.2, 0.25) is 0 Å². The number of benzene rings is 1. The van der Waals surface area contributed by atoms with Crippen LogP contribution in [0, 0.1) is 11.8 Å². The summed E-state index contributed by atoms with van der Waals surface area (Å²) in [7, 11) is 0. The summed E-state index contributed by atoms with van der Waals surface area (Å²) < 4.78 is 36.0. The number of halogens is 4. The van der Waals surface area contributed by atoms with E-state index in [1.54, 1.807) is 24.3 Å². The van der Waals surface area contributed by atoms with E-state index >= 15 is 0 Å². The van der Waals surface area contributed by atoms with E-state index in [1.165, 1.54) is 0 Å². The van der Waals surface area contributed by atoms with Gasteiger partial charge in [0.1, 0.15) is 6.42 Å². The molecular formula is C10H6BrF3. The lowest BCUT2D eigenvalue weighted by Gasteiger charge is -1.97. The van der Waals surface area contributed by atoms with Crippen molar-refractivity contribution in [3.63, 3.8) is 0 Å². The van der Waals surface area contributed by atoms with Crippen LogP contribution in [0.15, 0.2) is 28.7 Å². The highest BCUT2D eigenvalue weighted by Gasteiger charge is 2.25. The number of hydrogen-bond donors (Lipinski definition) is 0. The molecule has 0 fully saturated rings. The molecule has 0 radical (unpaired) electrons. The summed E-state index contributed by atoms with van der Waals surface area (Å²) in [6.07, 6.45) is -5.27. The van der Waals surface area contributed by atoms with E-state index in [4.69, 9.17) is 0 Å². The maximum absolute atomic E-state index is 11.7. The Labute approximate surface area is 88.3 Å². The van der Waals surface area contributed by atoms with Gasteiger partial charge in [0.15, 0.2) is 0 Å². The zero-order chi connectivity index (χ0) is 10.6. The van der Waals surface area contributed by atoms with Gasteiger partial charge in [-0.3, -0.25) is 0 Å². The lowest BCUT2D eigenvalue weighted by atomic mass is 10.2. The zero-order valence-corrected chi connectivity index (χ0v) is 8.61. The van der Waals surface area contributed by atoms with Crippen molar-refractivity contribution in [1.29, 1.82) is 0 Å². The Morgan fingerprint density at radius 1 is 1.14 bits per heavy atom. The Kier molecular flexibility index (Phi) is 3.59. The summed E-state index contributed by atoms with van der Waals surface area (Å²) in [5, 5.41) is 0. The van der Waals surface area contributed by atoms with Gasteiger partial charge in [-0.05, 0) is 24.3 Å². The molecule has 14 heavy (non-hydrogen) atoms. The normalized spacial score (nSPS) is 10.6. The molecule has 0 spiro atoms. The van der Waals surface area contributed by atoms with Crippen molar-refractivity contribution >= 4 is 15.9 Å². The molecule has 4 heteroatoms. The van der Waals surface area contributed by atoms with Gasteiger partial charge < -0.3 is 0 Å². The molecule has 0 saturated heterocycles. The average Bonchev–Trinajstić information content (AvgIpc) is 2.06. The molecule has 0 heterocycles. The van der Waals surface area contributed by atoms with Crippen molar-refractivity contribution in [2.24, 2.45) is 0 Å². The maximum Gasteiger partial charge on any atom is 0.399 e. The lowest BCUT2D eigenvalue weighted by Crippen LogP contribution is -2.04. The number of hydrogen-bond acceptors (Lipinski definition) is 0. The fourth-order valence-electron chi connectivity index (χ4n) is 0.780. The van der Waals surface area contributed by atoms with Crippen LogP contribution in [-0.2, 0) is 0 Å². The van der Waals surface area contributed by atoms with Crippen LogP contribution < -0.4 is 0 Å². The molecule has 1 rings (SSSR count). The van der Waals surface area contributed by atoms with Gasteiger partial charge in [-0.25, -0.2) is 0 Å². The molecule has 1 aromatic rings. The SMILES string of the molecule is FC(F)(F)CC#Cc1ccc(Br)cc1. The fraction of sp³-hybridized carbons (Fsp3) is 0.200. The second-order valence-electron chi connectivity index (χ2n) is 2.60. The Balaban J connectivity index is 2.64. The molecule has 0 aromatic heterocycles. The van der Waals surface area contributed by atoms with Gasteiger partial charge in [0.25, 0.3) is 0 Å². The molecule has 0 aliphatic carbocycles. The molecule has 0 nitrogen and oxygen atoms in total. The van der Waals surface area contributed by atoms with Crippen molar-refractivity contribution in [1.82, 2.24) is 0 Å². The van der Waals surface area contributed by atoms with Crippen molar-refractivity contribution < 1.29 is 13.2 Å². The summed E-state index contributed by atoms with van der Waals surface area (Å²) in [5.74, 6) is 4.51. The summed E-state index contributed by atoms with van der Waals surface area (Å²) in [5.41, 5.74) is 0.581. The van der Waals surface area contributed by atoms with Crippen LogP contribution in [0.25, 0.3) is 0 Å². The summed E-state index contributed by atoms with van der Waals surface area (Å²) >= 11 is 3.22. The number of rotatable bonds is 0. The van der Waals surface area contributed by atoms with Crippen molar-refractivity contribution in [3.8, 4) is 11.8 Å². The Morgan fingerprint density at radius 2 is 1.71 bits per heavy atom. The van der Waals surface area contributed by atoms with Gasteiger partial charge in [-0.2, -0.15) is 13.2 Å². The molecule has 0 atom stereocenters. The van der Waals surface area contributed by atoms with Crippen LogP contribution in [0.4, 0.5) is 13.2 Å². The largest absolute Gasteiger partial charge is 0.399 e. The van der Waals surface area contributed by atoms with Crippen LogP contribution in [0.5, 0.6) is 0 Å². The first-order chi connectivity index (χ1) is 6.47. The molecule has 0 amide bonds. The predicted molar refractivity (Wildman–Crippen MR) is 51.7 cm³/mol. The third-order valence-electron chi connectivity index (χ3n) is 1.37. The van der Waals surface area contributed by atoms with Crippen molar-refractivity contribution in [3.05, 3.63) is 34.3 Å². The van der Waals surface area contributed by atoms with Crippen LogP contribution in [0.1, 0.15) is 12.0 Å². The third kappa shape index (κ3) is 4.33. The molecule has 0 aliphatic heterocycles. The summed E-state index contributed by atoms with van der Waals surface area (Å²) in [6, 6.07) is 6.79. The zero-order valence-electron chi connectivity index (χ0n) is 7.03. The van der Waals surface area contributed by atoms with E-state index in [1.807, 2.05) is 0 Å². The van der Waals surface area contributed by atoms with Crippen LogP contribution in [-0.4, -0.2) is 6.18 Å².